The van der Waals surface area contributed by atoms with Crippen LogP contribution in [0.5, 0.6) is 0 Å². The Kier molecular flexibility index (Phi) is 3.07. The van der Waals surface area contributed by atoms with E-state index >= 15 is 0 Å². The molecule has 0 amide bonds. The predicted octanol–water partition coefficient (Wildman–Crippen LogP) is 3.54. The van der Waals surface area contributed by atoms with E-state index in [2.05, 4.69) is 25.6 Å². The minimum atomic E-state index is 0.0652. The minimum absolute atomic E-state index is 0.0652. The van der Waals surface area contributed by atoms with Crippen LogP contribution in [0.15, 0.2) is 36.9 Å². The van der Waals surface area contributed by atoms with Crippen LogP contribution in [0.1, 0.15) is 23.6 Å². The lowest BCUT2D eigenvalue weighted by Gasteiger charge is -2.13. The number of hydrogen-bond donors (Lipinski definition) is 1. The van der Waals surface area contributed by atoms with Crippen LogP contribution < -0.4 is 0 Å². The van der Waals surface area contributed by atoms with Crippen molar-refractivity contribution in [1.29, 1.82) is 0 Å². The van der Waals surface area contributed by atoms with Gasteiger partial charge in [-0.15, -0.1) is 0 Å². The molecular weight excluding hydrogens is 196 g/mol. The molecule has 1 nitrogen and oxygen atoms in total. The van der Waals surface area contributed by atoms with Crippen LogP contribution in [0.4, 0.5) is 0 Å². The van der Waals surface area contributed by atoms with Gasteiger partial charge in [0.25, 0.3) is 0 Å². The maximum Gasteiger partial charge on any atom is 0.0693 e. The standard InChI is InChI=1S/C15H16O/c1-3-11-9-12-7-5-6-8-14(12)15(10-16)13(11)4-2/h4-9,16H,2-3,10H2,1H3. The Balaban J connectivity index is 2.87. The summed E-state index contributed by atoms with van der Waals surface area (Å²) < 4.78 is 0. The Morgan fingerprint density at radius 1 is 1.31 bits per heavy atom. The highest BCUT2D eigenvalue weighted by Crippen LogP contribution is 2.27. The summed E-state index contributed by atoms with van der Waals surface area (Å²) in [6.45, 7) is 6.03. The van der Waals surface area contributed by atoms with Gasteiger partial charge in [-0.25, -0.2) is 0 Å². The van der Waals surface area contributed by atoms with Crippen molar-refractivity contribution < 1.29 is 5.11 Å². The summed E-state index contributed by atoms with van der Waals surface area (Å²) in [7, 11) is 0. The summed E-state index contributed by atoms with van der Waals surface area (Å²) in [5.41, 5.74) is 3.33. The third-order valence-corrected chi connectivity index (χ3v) is 3.03. The average molecular weight is 212 g/mol. The molecule has 2 aromatic carbocycles. The fourth-order valence-corrected chi connectivity index (χ4v) is 2.22. The van der Waals surface area contributed by atoms with Gasteiger partial charge in [0.1, 0.15) is 0 Å². The Labute approximate surface area is 96.0 Å². The summed E-state index contributed by atoms with van der Waals surface area (Å²) >= 11 is 0. The van der Waals surface area contributed by atoms with E-state index in [1.54, 1.807) is 0 Å². The van der Waals surface area contributed by atoms with Gasteiger partial charge < -0.3 is 5.11 Å². The zero-order chi connectivity index (χ0) is 11.5. The maximum atomic E-state index is 9.52. The zero-order valence-electron chi connectivity index (χ0n) is 9.53. The van der Waals surface area contributed by atoms with Crippen LogP contribution >= 0.6 is 0 Å². The van der Waals surface area contributed by atoms with Gasteiger partial charge >= 0.3 is 0 Å². The molecule has 1 N–H and O–H groups in total. The fourth-order valence-electron chi connectivity index (χ4n) is 2.22. The van der Waals surface area contributed by atoms with Crippen LogP contribution in [0.3, 0.4) is 0 Å². The first-order chi connectivity index (χ1) is 7.81. The van der Waals surface area contributed by atoms with E-state index in [1.807, 2.05) is 24.3 Å². The molecule has 0 unspecified atom stereocenters. The molecule has 0 aliphatic rings. The molecule has 0 saturated carbocycles. The number of rotatable bonds is 3. The monoisotopic (exact) mass is 212 g/mol. The predicted molar refractivity (Wildman–Crippen MR) is 69.3 cm³/mol. The molecule has 0 aliphatic carbocycles. The quantitative estimate of drug-likeness (QED) is 0.825. The molecule has 0 saturated heterocycles. The molecule has 2 rings (SSSR count). The largest absolute Gasteiger partial charge is 0.392 e. The van der Waals surface area contributed by atoms with Crippen molar-refractivity contribution in [2.75, 3.05) is 0 Å². The summed E-state index contributed by atoms with van der Waals surface area (Å²) in [5.74, 6) is 0. The van der Waals surface area contributed by atoms with E-state index in [-0.39, 0.29) is 6.61 Å². The lowest BCUT2D eigenvalue weighted by molar-refractivity contribution is 0.283. The molecule has 0 radical (unpaired) electrons. The topological polar surface area (TPSA) is 20.2 Å². The molecule has 0 heterocycles. The average Bonchev–Trinajstić information content (AvgIpc) is 2.36. The van der Waals surface area contributed by atoms with Gasteiger partial charge in [0, 0.05) is 0 Å². The Hall–Kier alpha value is -1.60. The van der Waals surface area contributed by atoms with Gasteiger partial charge in [-0.1, -0.05) is 49.9 Å². The molecule has 0 aliphatic heterocycles. The van der Waals surface area contributed by atoms with E-state index < -0.39 is 0 Å². The van der Waals surface area contributed by atoms with Crippen LogP contribution in [0.2, 0.25) is 0 Å². The van der Waals surface area contributed by atoms with Crippen molar-refractivity contribution in [1.82, 2.24) is 0 Å². The number of hydrogen-bond acceptors (Lipinski definition) is 1. The summed E-state index contributed by atoms with van der Waals surface area (Å²) in [4.78, 5) is 0. The van der Waals surface area contributed by atoms with E-state index in [0.717, 1.165) is 22.9 Å². The molecule has 82 valence electrons. The van der Waals surface area contributed by atoms with Gasteiger partial charge in [0.05, 0.1) is 6.61 Å². The molecule has 0 bridgehead atoms. The molecule has 16 heavy (non-hydrogen) atoms. The van der Waals surface area contributed by atoms with Gasteiger partial charge in [0.2, 0.25) is 0 Å². The van der Waals surface area contributed by atoms with Crippen molar-refractivity contribution in [3.05, 3.63) is 53.6 Å². The second-order valence-electron chi connectivity index (χ2n) is 3.86. The molecule has 1 heteroatoms. The highest BCUT2D eigenvalue weighted by molar-refractivity contribution is 5.89. The zero-order valence-corrected chi connectivity index (χ0v) is 9.53. The number of aliphatic hydroxyl groups is 1. The van der Waals surface area contributed by atoms with E-state index in [0.29, 0.717) is 0 Å². The van der Waals surface area contributed by atoms with E-state index in [9.17, 15) is 5.11 Å². The van der Waals surface area contributed by atoms with E-state index in [4.69, 9.17) is 0 Å². The number of aliphatic hydroxyl groups excluding tert-OH is 1. The second kappa shape index (κ2) is 4.50. The molecular formula is C15H16O. The Morgan fingerprint density at radius 3 is 2.69 bits per heavy atom. The number of aryl methyl sites for hydroxylation is 1. The summed E-state index contributed by atoms with van der Waals surface area (Å²) in [6, 6.07) is 10.3. The van der Waals surface area contributed by atoms with Crippen LogP contribution in [-0.2, 0) is 13.0 Å². The lowest BCUT2D eigenvalue weighted by Crippen LogP contribution is -1.96. The Bertz CT molecular complexity index is 526. The molecule has 0 atom stereocenters. The third kappa shape index (κ3) is 1.63. The molecule has 0 spiro atoms. The summed E-state index contributed by atoms with van der Waals surface area (Å²) in [5, 5.41) is 11.8. The van der Waals surface area contributed by atoms with Crippen LogP contribution in [-0.4, -0.2) is 5.11 Å². The number of benzene rings is 2. The Morgan fingerprint density at radius 2 is 2.06 bits per heavy atom. The maximum absolute atomic E-state index is 9.52. The first-order valence-electron chi connectivity index (χ1n) is 5.58. The fraction of sp³-hybridized carbons (Fsp3) is 0.200. The van der Waals surface area contributed by atoms with Crippen LogP contribution in [0, 0.1) is 0 Å². The first kappa shape index (κ1) is 10.9. The van der Waals surface area contributed by atoms with Crippen molar-refractivity contribution in [2.24, 2.45) is 0 Å². The molecule has 0 aromatic heterocycles. The normalized spacial score (nSPS) is 10.6. The van der Waals surface area contributed by atoms with Gasteiger partial charge in [0.15, 0.2) is 0 Å². The molecule has 2 aromatic rings. The third-order valence-electron chi connectivity index (χ3n) is 3.03. The SMILES string of the molecule is C=Cc1c(CC)cc2ccccc2c1CO. The van der Waals surface area contributed by atoms with Crippen molar-refractivity contribution in [2.45, 2.75) is 20.0 Å². The smallest absolute Gasteiger partial charge is 0.0693 e. The van der Waals surface area contributed by atoms with Crippen molar-refractivity contribution in [3.63, 3.8) is 0 Å². The van der Waals surface area contributed by atoms with Crippen LogP contribution in [0.25, 0.3) is 16.8 Å². The van der Waals surface area contributed by atoms with E-state index in [1.165, 1.54) is 10.9 Å². The lowest BCUT2D eigenvalue weighted by atomic mass is 9.93. The van der Waals surface area contributed by atoms with Crippen molar-refractivity contribution in [3.8, 4) is 0 Å². The van der Waals surface area contributed by atoms with Gasteiger partial charge in [-0.2, -0.15) is 0 Å². The summed E-state index contributed by atoms with van der Waals surface area (Å²) in [6.07, 6.45) is 2.80. The number of fused-ring (bicyclic) bond motifs is 1. The highest BCUT2D eigenvalue weighted by Gasteiger charge is 2.08. The highest BCUT2D eigenvalue weighted by atomic mass is 16.3. The van der Waals surface area contributed by atoms with Gasteiger partial charge in [-0.05, 0) is 33.9 Å². The first-order valence-corrected chi connectivity index (χ1v) is 5.58. The van der Waals surface area contributed by atoms with Crippen molar-refractivity contribution >= 4 is 16.8 Å². The minimum Gasteiger partial charge on any atom is -0.392 e. The second-order valence-corrected chi connectivity index (χ2v) is 3.86. The van der Waals surface area contributed by atoms with Gasteiger partial charge in [-0.3, -0.25) is 0 Å². The molecule has 0 fully saturated rings.